The van der Waals surface area contributed by atoms with E-state index in [1.54, 1.807) is 49.1 Å². The minimum Gasteiger partial charge on any atom is -0.383 e. The monoisotopic (exact) mass is 518 g/mol. The van der Waals surface area contributed by atoms with Crippen LogP contribution in [0.5, 0.6) is 0 Å². The Labute approximate surface area is 214 Å². The van der Waals surface area contributed by atoms with Gasteiger partial charge >= 0.3 is 0 Å². The average molecular weight is 519 g/mol. The van der Waals surface area contributed by atoms with Crippen molar-refractivity contribution in [2.45, 2.75) is 17.7 Å². The van der Waals surface area contributed by atoms with E-state index in [4.69, 9.17) is 5.73 Å². The molecule has 1 aromatic heterocycles. The summed E-state index contributed by atoms with van der Waals surface area (Å²) in [5.74, 6) is -0.0719. The van der Waals surface area contributed by atoms with Crippen molar-refractivity contribution in [3.63, 3.8) is 0 Å². The topological polar surface area (TPSA) is 144 Å². The minimum atomic E-state index is -4.34. The van der Waals surface area contributed by atoms with Gasteiger partial charge in [0.2, 0.25) is 0 Å². The van der Waals surface area contributed by atoms with Crippen molar-refractivity contribution in [2.24, 2.45) is 17.8 Å². The number of benzene rings is 3. The molecule has 4 aromatic rings. The Bertz CT molecular complexity index is 1640. The molecule has 4 rings (SSSR count). The van der Waals surface area contributed by atoms with Crippen molar-refractivity contribution in [1.82, 2.24) is 9.88 Å². The normalized spacial score (nSPS) is 12.0. The van der Waals surface area contributed by atoms with E-state index in [2.05, 4.69) is 10.3 Å². The van der Waals surface area contributed by atoms with Gasteiger partial charge in [0.25, 0.3) is 16.0 Å². The maximum absolute atomic E-state index is 13.0. The Morgan fingerprint density at radius 3 is 2.41 bits per heavy atom. The van der Waals surface area contributed by atoms with E-state index >= 15 is 0 Å². The third-order valence-electron chi connectivity index (χ3n) is 6.07. The van der Waals surface area contributed by atoms with Crippen LogP contribution in [0.3, 0.4) is 0 Å². The van der Waals surface area contributed by atoms with Gasteiger partial charge < -0.3 is 15.6 Å². The van der Waals surface area contributed by atoms with Crippen LogP contribution in [0.1, 0.15) is 38.3 Å². The zero-order valence-electron chi connectivity index (χ0n) is 20.3. The molecular weight excluding hydrogens is 492 g/mol. The van der Waals surface area contributed by atoms with E-state index in [0.29, 0.717) is 39.7 Å². The number of nitrogens with one attached hydrogen (secondary N) is 1. The molecule has 1 heterocycles. The highest BCUT2D eigenvalue weighted by Gasteiger charge is 2.17. The average Bonchev–Trinajstić information content (AvgIpc) is 3.22. The van der Waals surface area contributed by atoms with Gasteiger partial charge in [0.1, 0.15) is 5.84 Å². The number of nitrogens with two attached hydrogens (primary N) is 1. The van der Waals surface area contributed by atoms with Crippen LogP contribution in [0.2, 0.25) is 0 Å². The SMILES string of the molecule is CNC(=O)c1ccccc1N=C(N)c1ccc(CCC(=O)c2cn(C)c3cc(S(=O)(=O)O)ccc23)cc1. The number of fused-ring (bicyclic) bond motifs is 1. The number of aryl methyl sites for hydroxylation is 2. The summed E-state index contributed by atoms with van der Waals surface area (Å²) in [5.41, 5.74) is 9.72. The molecule has 0 spiro atoms. The molecule has 10 heteroatoms. The molecule has 4 N–H and O–H groups in total. The van der Waals surface area contributed by atoms with Gasteiger partial charge in [0, 0.05) is 48.7 Å². The van der Waals surface area contributed by atoms with Crippen LogP contribution in [0.15, 0.2) is 82.8 Å². The van der Waals surface area contributed by atoms with Crippen LogP contribution < -0.4 is 11.1 Å². The van der Waals surface area contributed by atoms with Crippen molar-refractivity contribution in [1.29, 1.82) is 0 Å². The van der Waals surface area contributed by atoms with Gasteiger partial charge in [-0.3, -0.25) is 14.1 Å². The smallest absolute Gasteiger partial charge is 0.294 e. The zero-order chi connectivity index (χ0) is 26.7. The number of carbonyl (C=O) groups excluding carboxylic acids is 2. The number of aromatic nitrogens is 1. The molecule has 37 heavy (non-hydrogen) atoms. The zero-order valence-corrected chi connectivity index (χ0v) is 21.1. The van der Waals surface area contributed by atoms with Crippen LogP contribution in [-0.4, -0.2) is 42.1 Å². The van der Waals surface area contributed by atoms with Crippen LogP contribution in [0, 0.1) is 0 Å². The molecule has 0 saturated carbocycles. The van der Waals surface area contributed by atoms with E-state index in [1.807, 2.05) is 24.3 Å². The van der Waals surface area contributed by atoms with Gasteiger partial charge in [-0.25, -0.2) is 4.99 Å². The first-order valence-electron chi connectivity index (χ1n) is 11.4. The lowest BCUT2D eigenvalue weighted by Crippen LogP contribution is -2.18. The van der Waals surface area contributed by atoms with E-state index in [-0.39, 0.29) is 28.8 Å². The molecule has 0 aliphatic rings. The number of ketones is 1. The number of amidine groups is 1. The quantitative estimate of drug-likeness (QED) is 0.141. The lowest BCUT2D eigenvalue weighted by molar-refractivity contribution is 0.0961. The van der Waals surface area contributed by atoms with Crippen LogP contribution in [0.4, 0.5) is 5.69 Å². The van der Waals surface area contributed by atoms with Gasteiger partial charge in [-0.2, -0.15) is 8.42 Å². The fourth-order valence-corrected chi connectivity index (χ4v) is 4.57. The van der Waals surface area contributed by atoms with E-state index in [0.717, 1.165) is 5.56 Å². The first-order chi connectivity index (χ1) is 17.6. The molecule has 0 unspecified atom stereocenters. The lowest BCUT2D eigenvalue weighted by atomic mass is 10.0. The minimum absolute atomic E-state index is 0.0823. The summed E-state index contributed by atoms with van der Waals surface area (Å²) >= 11 is 0. The third kappa shape index (κ3) is 5.60. The van der Waals surface area contributed by atoms with Crippen molar-refractivity contribution in [2.75, 3.05) is 7.05 Å². The first-order valence-corrected chi connectivity index (χ1v) is 12.9. The van der Waals surface area contributed by atoms with Gasteiger partial charge in [-0.15, -0.1) is 0 Å². The Morgan fingerprint density at radius 1 is 1.03 bits per heavy atom. The highest BCUT2D eigenvalue weighted by Crippen LogP contribution is 2.25. The number of para-hydroxylation sites is 1. The summed E-state index contributed by atoms with van der Waals surface area (Å²) in [7, 11) is -1.07. The number of hydrogen-bond donors (Lipinski definition) is 3. The van der Waals surface area contributed by atoms with Crippen molar-refractivity contribution >= 4 is 44.2 Å². The number of hydrogen-bond acceptors (Lipinski definition) is 5. The van der Waals surface area contributed by atoms with E-state index in [1.165, 1.54) is 18.2 Å². The third-order valence-corrected chi connectivity index (χ3v) is 6.92. The number of aliphatic imine (C=N–C) groups is 1. The molecule has 1 amide bonds. The Balaban J connectivity index is 1.48. The molecule has 0 radical (unpaired) electrons. The summed E-state index contributed by atoms with van der Waals surface area (Å²) in [6.45, 7) is 0. The molecule has 0 bridgehead atoms. The molecular formula is C27H26N4O5S. The maximum atomic E-state index is 13.0. The highest BCUT2D eigenvalue weighted by molar-refractivity contribution is 7.85. The molecule has 9 nitrogen and oxygen atoms in total. The van der Waals surface area contributed by atoms with Crippen molar-refractivity contribution < 1.29 is 22.6 Å². The molecule has 0 fully saturated rings. The number of carbonyl (C=O) groups is 2. The summed E-state index contributed by atoms with van der Waals surface area (Å²) in [5, 5.41) is 3.21. The lowest BCUT2D eigenvalue weighted by Gasteiger charge is -2.07. The summed E-state index contributed by atoms with van der Waals surface area (Å²) in [6, 6.07) is 18.5. The second kappa shape index (κ2) is 10.4. The Morgan fingerprint density at radius 2 is 1.73 bits per heavy atom. The predicted octanol–water partition coefficient (Wildman–Crippen LogP) is 3.64. The molecule has 0 atom stereocenters. The summed E-state index contributed by atoms with van der Waals surface area (Å²) in [6.07, 6.45) is 2.41. The van der Waals surface area contributed by atoms with Gasteiger partial charge in [0.05, 0.1) is 16.1 Å². The summed E-state index contributed by atoms with van der Waals surface area (Å²) < 4.78 is 33.9. The van der Waals surface area contributed by atoms with E-state index in [9.17, 15) is 22.6 Å². The van der Waals surface area contributed by atoms with Gasteiger partial charge in [0.15, 0.2) is 5.78 Å². The van der Waals surface area contributed by atoms with Gasteiger partial charge in [-0.1, -0.05) is 42.5 Å². The number of amides is 1. The molecule has 190 valence electrons. The number of nitrogens with zero attached hydrogens (tertiary/aromatic N) is 2. The number of Topliss-reactive ketones (excluding diaryl/α,β-unsaturated/α-hetero) is 1. The predicted molar refractivity (Wildman–Crippen MR) is 142 cm³/mol. The highest BCUT2D eigenvalue weighted by atomic mass is 32.2. The van der Waals surface area contributed by atoms with Crippen LogP contribution in [0.25, 0.3) is 10.9 Å². The molecule has 0 aliphatic heterocycles. The second-order valence-electron chi connectivity index (χ2n) is 8.52. The summed E-state index contributed by atoms with van der Waals surface area (Å²) in [4.78, 5) is 29.2. The Kier molecular flexibility index (Phi) is 7.23. The largest absolute Gasteiger partial charge is 0.383 e. The van der Waals surface area contributed by atoms with Crippen molar-refractivity contribution in [3.8, 4) is 0 Å². The fraction of sp³-hybridized carbons (Fsp3) is 0.148. The maximum Gasteiger partial charge on any atom is 0.294 e. The number of rotatable bonds is 8. The Hall–Kier alpha value is -4.28. The molecule has 3 aromatic carbocycles. The van der Waals surface area contributed by atoms with Crippen LogP contribution >= 0.6 is 0 Å². The van der Waals surface area contributed by atoms with E-state index < -0.39 is 10.1 Å². The van der Waals surface area contributed by atoms with Gasteiger partial charge in [-0.05, 0) is 36.2 Å². The standard InChI is InChI=1S/C27H26N4O5S/c1-29-27(33)21-5-3-4-6-23(21)30-26(28)18-10-7-17(8-11-18)9-14-25(32)22-16-31(2)24-15-19(37(34,35)36)12-13-20(22)24/h3-8,10-13,15-16H,9,14H2,1-2H3,(H2,28,30)(H,29,33)(H,34,35,36). The van der Waals surface area contributed by atoms with Crippen molar-refractivity contribution in [3.05, 3.63) is 95.2 Å². The first kappa shape index (κ1) is 25.8. The molecule has 0 saturated heterocycles. The van der Waals surface area contributed by atoms with Crippen LogP contribution in [-0.2, 0) is 23.6 Å². The second-order valence-corrected chi connectivity index (χ2v) is 9.94. The molecule has 0 aliphatic carbocycles. The fourth-order valence-electron chi connectivity index (χ4n) is 4.07.